The van der Waals surface area contributed by atoms with Crippen LogP contribution in [-0.4, -0.2) is 83.0 Å². The fraction of sp³-hybridized carbons (Fsp3) is 0.267. The van der Waals surface area contributed by atoms with Crippen LogP contribution < -0.4 is 49.9 Å². The van der Waals surface area contributed by atoms with Gasteiger partial charge in [-0.15, -0.1) is 0 Å². The van der Waals surface area contributed by atoms with E-state index in [2.05, 4.69) is 55.5 Å². The molecular formula is C75H63F6N15O10. The maximum Gasteiger partial charge on any atom is 0.345 e. The quantitative estimate of drug-likeness (QED) is 0.0421. The van der Waals surface area contributed by atoms with Gasteiger partial charge in [-0.2, -0.15) is 0 Å². The van der Waals surface area contributed by atoms with Crippen molar-refractivity contribution in [2.24, 2.45) is 5.73 Å². The number of hydrogen-bond acceptors (Lipinski definition) is 19. The fourth-order valence-electron chi connectivity index (χ4n) is 14.8. The highest BCUT2D eigenvalue weighted by Crippen LogP contribution is 2.34. The molecule has 0 saturated heterocycles. The van der Waals surface area contributed by atoms with Crippen molar-refractivity contribution >= 4 is 105 Å². The summed E-state index contributed by atoms with van der Waals surface area (Å²) in [5.74, 6) is -2.71. The van der Waals surface area contributed by atoms with Crippen molar-refractivity contribution in [3.05, 3.63) is 242 Å². The second kappa shape index (κ2) is 29.2. The monoisotopic (exact) mass is 1450 g/mol. The number of nitrogens with two attached hydrogens (primary N) is 1. The Morgan fingerprint density at radius 3 is 1.07 bits per heavy atom. The summed E-state index contributed by atoms with van der Waals surface area (Å²) < 4.78 is 102. The van der Waals surface area contributed by atoms with Gasteiger partial charge in [0.15, 0.2) is 23.2 Å². The van der Waals surface area contributed by atoms with Crippen LogP contribution in [0.1, 0.15) is 117 Å². The van der Waals surface area contributed by atoms with Crippen LogP contribution in [0.2, 0.25) is 0 Å². The number of nitrogens with one attached hydrogen (secondary N) is 5. The molecule has 15 aromatic rings. The minimum atomic E-state index is -0.552. The van der Waals surface area contributed by atoms with E-state index in [1.54, 1.807) is 25.8 Å². The fourth-order valence-corrected chi connectivity index (χ4v) is 14.8. The van der Waals surface area contributed by atoms with Crippen LogP contribution in [0.25, 0.3) is 99.1 Å². The third-order valence-corrected chi connectivity index (χ3v) is 19.8. The highest BCUT2D eigenvalue weighted by atomic mass is 19.1. The summed E-state index contributed by atoms with van der Waals surface area (Å²) in [6, 6.07) is 21.3. The SMILES string of the molecule is NC1CCC(n2c(=O)cnc3ncc(F)cc32)CC1.O=Cc1cc2c(=O)oc3ccc(F)cc3c2[nH]1.O=c1oc2ccc(F)cc2c2[nH]c(CNC3CCC(n4c(=O)cnc5ncc(F)cc54)CC3)cc12.O=c1oc2ccc(F)cc2c2[nH]c(CNC3CCC(n4c(=O)cnc5ncc(F)cc54)CC3)cc12. The topological polar surface area (TPSA) is 348 Å². The summed E-state index contributed by atoms with van der Waals surface area (Å²) in [5, 5.41) is 9.49. The highest BCUT2D eigenvalue weighted by molar-refractivity contribution is 6.05. The van der Waals surface area contributed by atoms with E-state index in [-0.39, 0.29) is 69.6 Å². The molecule has 0 spiro atoms. The molecule has 7 N–H and O–H groups in total. The molecule has 3 saturated carbocycles. The first-order valence-corrected chi connectivity index (χ1v) is 34.2. The van der Waals surface area contributed by atoms with Gasteiger partial charge < -0.3 is 58.3 Å². The second-order valence-electron chi connectivity index (χ2n) is 26.6. The Morgan fingerprint density at radius 1 is 0.396 bits per heavy atom. The molecule has 3 aromatic carbocycles. The van der Waals surface area contributed by atoms with E-state index in [0.29, 0.717) is 108 Å². The number of hydrogen-bond donors (Lipinski definition) is 6. The van der Waals surface area contributed by atoms with Gasteiger partial charge in [0, 0.05) is 95.1 Å². The Bertz CT molecular complexity index is 6070. The largest absolute Gasteiger partial charge is 0.422 e. The minimum absolute atomic E-state index is 0.0569. The molecule has 0 atom stereocenters. The molecule has 12 heterocycles. The second-order valence-corrected chi connectivity index (χ2v) is 26.6. The van der Waals surface area contributed by atoms with Gasteiger partial charge in [-0.3, -0.25) is 19.2 Å². The predicted octanol–water partition coefficient (Wildman–Crippen LogP) is 11.5. The zero-order valence-corrected chi connectivity index (χ0v) is 56.0. The van der Waals surface area contributed by atoms with Crippen molar-refractivity contribution in [1.82, 2.24) is 69.2 Å². The van der Waals surface area contributed by atoms with Crippen LogP contribution in [0.3, 0.4) is 0 Å². The summed E-state index contributed by atoms with van der Waals surface area (Å²) in [6.07, 6.45) is 17.3. The normalized spacial score (nSPS) is 18.3. The molecule has 0 unspecified atom stereocenters. The van der Waals surface area contributed by atoms with Gasteiger partial charge in [0.1, 0.15) is 51.7 Å². The van der Waals surface area contributed by atoms with Crippen molar-refractivity contribution in [2.45, 2.75) is 126 Å². The van der Waals surface area contributed by atoms with Gasteiger partial charge in [-0.1, -0.05) is 0 Å². The first-order valence-electron chi connectivity index (χ1n) is 34.2. The molecule has 25 nitrogen and oxygen atoms in total. The van der Waals surface area contributed by atoms with Crippen LogP contribution in [0.5, 0.6) is 0 Å². The zero-order chi connectivity index (χ0) is 73.6. The molecule has 540 valence electrons. The maximum absolute atomic E-state index is 13.8. The van der Waals surface area contributed by atoms with Crippen LogP contribution in [0.15, 0.2) is 170 Å². The molecule has 0 amide bonds. The number of benzene rings is 3. The first-order chi connectivity index (χ1) is 51.2. The number of pyridine rings is 3. The summed E-state index contributed by atoms with van der Waals surface area (Å²) in [5.41, 5.74) is 10.4. The Kier molecular flexibility index (Phi) is 19.2. The number of H-pyrrole nitrogens is 3. The molecule has 12 aromatic heterocycles. The van der Waals surface area contributed by atoms with Gasteiger partial charge >= 0.3 is 16.9 Å². The van der Waals surface area contributed by atoms with Gasteiger partial charge in [0.25, 0.3) is 16.7 Å². The molecule has 3 fully saturated rings. The Balaban J connectivity index is 0.000000119. The number of carbonyl (C=O) groups is 1. The van der Waals surface area contributed by atoms with E-state index in [1.165, 1.54) is 97.5 Å². The summed E-state index contributed by atoms with van der Waals surface area (Å²) in [7, 11) is 0. The number of rotatable bonds is 10. The van der Waals surface area contributed by atoms with Crippen LogP contribution in [-0.2, 0) is 13.1 Å². The van der Waals surface area contributed by atoms with E-state index < -0.39 is 51.8 Å². The van der Waals surface area contributed by atoms with E-state index in [1.807, 2.05) is 0 Å². The predicted molar refractivity (Wildman–Crippen MR) is 381 cm³/mol. The summed E-state index contributed by atoms with van der Waals surface area (Å²) >= 11 is 0. The molecule has 106 heavy (non-hydrogen) atoms. The average molecular weight is 1450 g/mol. The summed E-state index contributed by atoms with van der Waals surface area (Å²) in [4.78, 5) is 117. The van der Waals surface area contributed by atoms with Crippen molar-refractivity contribution in [2.75, 3.05) is 0 Å². The Morgan fingerprint density at radius 2 is 0.717 bits per heavy atom. The van der Waals surface area contributed by atoms with Crippen LogP contribution in [0, 0.1) is 34.9 Å². The average Bonchev–Trinajstić information content (AvgIpc) is 1.46. The smallest absolute Gasteiger partial charge is 0.345 e. The molecule has 0 aliphatic heterocycles. The Hall–Kier alpha value is -12.1. The van der Waals surface area contributed by atoms with E-state index >= 15 is 0 Å². The van der Waals surface area contributed by atoms with Gasteiger partial charge in [0.05, 0.1) is 92.1 Å². The Labute approximate surface area is 591 Å². The van der Waals surface area contributed by atoms with Crippen molar-refractivity contribution < 1.29 is 44.4 Å². The highest BCUT2D eigenvalue weighted by Gasteiger charge is 2.28. The van der Waals surface area contributed by atoms with Gasteiger partial charge in [-0.25, -0.2) is 70.6 Å². The van der Waals surface area contributed by atoms with E-state index in [4.69, 9.17) is 19.0 Å². The lowest BCUT2D eigenvalue weighted by Crippen LogP contribution is -2.36. The number of nitrogens with zero attached hydrogens (tertiary/aromatic N) is 9. The lowest BCUT2D eigenvalue weighted by Gasteiger charge is -2.30. The number of halogens is 6. The molecule has 3 aliphatic carbocycles. The van der Waals surface area contributed by atoms with E-state index in [9.17, 15) is 59.9 Å². The number of aldehydes is 1. The first kappa shape index (κ1) is 69.6. The van der Waals surface area contributed by atoms with Crippen molar-refractivity contribution in [1.29, 1.82) is 0 Å². The summed E-state index contributed by atoms with van der Waals surface area (Å²) in [6.45, 7) is 0.987. The van der Waals surface area contributed by atoms with Crippen LogP contribution >= 0.6 is 0 Å². The maximum atomic E-state index is 13.8. The number of aromatic nitrogens is 12. The van der Waals surface area contributed by atoms with Crippen molar-refractivity contribution in [3.63, 3.8) is 0 Å². The lowest BCUT2D eigenvalue weighted by atomic mass is 9.90. The van der Waals surface area contributed by atoms with Gasteiger partial charge in [-0.05, 0) is 150 Å². The zero-order valence-electron chi connectivity index (χ0n) is 56.0. The van der Waals surface area contributed by atoms with E-state index in [0.717, 1.165) is 107 Å². The molecule has 0 radical (unpaired) electrons. The number of fused-ring (bicyclic) bond motifs is 12. The van der Waals surface area contributed by atoms with Gasteiger partial charge in [0.2, 0.25) is 0 Å². The molecule has 31 heteroatoms. The number of aromatic amines is 3. The van der Waals surface area contributed by atoms with Crippen LogP contribution in [0.4, 0.5) is 26.3 Å². The molecular weight excluding hydrogens is 1380 g/mol. The third kappa shape index (κ3) is 14.2. The van der Waals surface area contributed by atoms with Crippen molar-refractivity contribution in [3.8, 4) is 0 Å². The molecule has 0 bridgehead atoms. The minimum Gasteiger partial charge on any atom is -0.422 e. The third-order valence-electron chi connectivity index (χ3n) is 19.8. The molecule has 18 rings (SSSR count). The lowest BCUT2D eigenvalue weighted by molar-refractivity contribution is 0.111. The molecule has 3 aliphatic rings. The standard InChI is InChI=1S/2C25H21F2N5O3.C13H15FN4O.C12H6FNO3/c2*26-13-1-6-21-18(7-13)23-19(25(34)35-21)9-16(31-23)11-28-15-2-4-17(5-3-15)32-20-8-14(27)10-29-24(20)30-12-22(32)33;14-8-5-11-13(16-6-8)17-7-12(19)18(11)10-3-1-9(15)2-4-10;13-6-1-2-10-8(3-6)11-9(12(16)17-10)4-7(5-15)14-11/h2*1,6-10,12,15,17,28,31H,2-5,11H2;5-7,9-10H,1-4,15H2;1-5,14H. The number of carbonyl (C=O) groups excluding carboxylic acids is 1.